The van der Waals surface area contributed by atoms with Gasteiger partial charge in [-0.3, -0.25) is 0 Å². The Labute approximate surface area is 95.6 Å². The first kappa shape index (κ1) is 12.3. The summed E-state index contributed by atoms with van der Waals surface area (Å²) >= 11 is 5.62. The molecule has 1 aromatic heterocycles. The molecular formula is C12H17ClO2. The maximum Gasteiger partial charge on any atom is 0.193 e. The SMILES string of the molecule is C=CCCCCCC(O)c1ccc(Cl)o1. The van der Waals surface area contributed by atoms with Crippen molar-refractivity contribution in [3.8, 4) is 0 Å². The number of hydrogen-bond donors (Lipinski definition) is 1. The lowest BCUT2D eigenvalue weighted by Gasteiger charge is -2.06. The summed E-state index contributed by atoms with van der Waals surface area (Å²) in [5.74, 6) is 0.559. The molecule has 84 valence electrons. The minimum atomic E-state index is -0.527. The highest BCUT2D eigenvalue weighted by atomic mass is 35.5. The lowest BCUT2D eigenvalue weighted by molar-refractivity contribution is 0.137. The molecule has 0 spiro atoms. The summed E-state index contributed by atoms with van der Waals surface area (Å²) in [6.45, 7) is 3.66. The predicted octanol–water partition coefficient (Wildman–Crippen LogP) is 4.10. The molecule has 15 heavy (non-hydrogen) atoms. The molecule has 0 bridgehead atoms. The van der Waals surface area contributed by atoms with Crippen molar-refractivity contribution in [2.45, 2.75) is 38.2 Å². The molecule has 0 radical (unpaired) electrons. The van der Waals surface area contributed by atoms with E-state index in [1.54, 1.807) is 12.1 Å². The van der Waals surface area contributed by atoms with Crippen LogP contribution in [-0.4, -0.2) is 5.11 Å². The molecule has 0 aromatic carbocycles. The number of hydrogen-bond acceptors (Lipinski definition) is 2. The number of rotatable bonds is 7. The van der Waals surface area contributed by atoms with E-state index in [4.69, 9.17) is 16.0 Å². The van der Waals surface area contributed by atoms with E-state index in [1.165, 1.54) is 0 Å². The van der Waals surface area contributed by atoms with Crippen LogP contribution in [0, 0.1) is 0 Å². The van der Waals surface area contributed by atoms with Gasteiger partial charge in [-0.15, -0.1) is 6.58 Å². The molecule has 1 atom stereocenters. The fourth-order valence-corrected chi connectivity index (χ4v) is 1.60. The Morgan fingerprint density at radius 3 is 2.80 bits per heavy atom. The van der Waals surface area contributed by atoms with Crippen molar-refractivity contribution in [2.75, 3.05) is 0 Å². The van der Waals surface area contributed by atoms with E-state index in [0.717, 1.165) is 32.1 Å². The Morgan fingerprint density at radius 1 is 1.40 bits per heavy atom. The van der Waals surface area contributed by atoms with Gasteiger partial charge in [-0.1, -0.05) is 18.9 Å². The molecule has 0 saturated heterocycles. The fourth-order valence-electron chi connectivity index (χ4n) is 1.45. The first-order chi connectivity index (χ1) is 7.24. The third-order valence-electron chi connectivity index (χ3n) is 2.31. The van der Waals surface area contributed by atoms with Crippen LogP contribution < -0.4 is 0 Å². The Kier molecular flexibility index (Phi) is 5.51. The van der Waals surface area contributed by atoms with Gasteiger partial charge in [0.05, 0.1) is 0 Å². The molecule has 0 aliphatic carbocycles. The molecule has 0 aliphatic heterocycles. The van der Waals surface area contributed by atoms with Crippen molar-refractivity contribution in [3.05, 3.63) is 35.8 Å². The summed E-state index contributed by atoms with van der Waals surface area (Å²) in [6.07, 6.45) is 6.40. The van der Waals surface area contributed by atoms with E-state index in [0.29, 0.717) is 11.0 Å². The van der Waals surface area contributed by atoms with E-state index in [2.05, 4.69) is 6.58 Å². The van der Waals surface area contributed by atoms with Crippen molar-refractivity contribution in [3.63, 3.8) is 0 Å². The van der Waals surface area contributed by atoms with Gasteiger partial charge in [-0.25, -0.2) is 0 Å². The minimum Gasteiger partial charge on any atom is -0.447 e. The summed E-state index contributed by atoms with van der Waals surface area (Å²) in [7, 11) is 0. The van der Waals surface area contributed by atoms with Crippen molar-refractivity contribution in [2.24, 2.45) is 0 Å². The van der Waals surface area contributed by atoms with Crippen LogP contribution in [-0.2, 0) is 0 Å². The van der Waals surface area contributed by atoms with Gasteiger partial charge in [-0.2, -0.15) is 0 Å². The van der Waals surface area contributed by atoms with E-state index >= 15 is 0 Å². The van der Waals surface area contributed by atoms with Crippen LogP contribution in [0.5, 0.6) is 0 Å². The summed E-state index contributed by atoms with van der Waals surface area (Å²) < 4.78 is 5.12. The van der Waals surface area contributed by atoms with Crippen molar-refractivity contribution in [1.82, 2.24) is 0 Å². The topological polar surface area (TPSA) is 33.4 Å². The highest BCUT2D eigenvalue weighted by Gasteiger charge is 2.10. The molecule has 0 fully saturated rings. The van der Waals surface area contributed by atoms with E-state index < -0.39 is 6.10 Å². The number of allylic oxidation sites excluding steroid dienone is 1. The number of aliphatic hydroxyl groups excluding tert-OH is 1. The highest BCUT2D eigenvalue weighted by molar-refractivity contribution is 6.28. The molecule has 1 aromatic rings. The first-order valence-electron chi connectivity index (χ1n) is 5.28. The first-order valence-corrected chi connectivity index (χ1v) is 5.66. The third kappa shape index (κ3) is 4.54. The van der Waals surface area contributed by atoms with Crippen molar-refractivity contribution < 1.29 is 9.52 Å². The Hall–Kier alpha value is -0.730. The monoisotopic (exact) mass is 228 g/mol. The van der Waals surface area contributed by atoms with Crippen LogP contribution in [0.3, 0.4) is 0 Å². The fraction of sp³-hybridized carbons (Fsp3) is 0.500. The molecule has 1 unspecified atom stereocenters. The molecular weight excluding hydrogens is 212 g/mol. The maximum atomic E-state index is 9.72. The smallest absolute Gasteiger partial charge is 0.193 e. The third-order valence-corrected chi connectivity index (χ3v) is 2.51. The van der Waals surface area contributed by atoms with Crippen LogP contribution in [0.4, 0.5) is 0 Å². The van der Waals surface area contributed by atoms with Crippen molar-refractivity contribution >= 4 is 11.6 Å². The summed E-state index contributed by atoms with van der Waals surface area (Å²) in [5.41, 5.74) is 0. The molecule has 1 rings (SSSR count). The molecule has 0 saturated carbocycles. The molecule has 2 nitrogen and oxygen atoms in total. The summed E-state index contributed by atoms with van der Waals surface area (Å²) in [4.78, 5) is 0. The van der Waals surface area contributed by atoms with Gasteiger partial charge in [0.15, 0.2) is 5.22 Å². The molecule has 0 aliphatic rings. The van der Waals surface area contributed by atoms with Gasteiger partial charge in [0.2, 0.25) is 0 Å². The second-order valence-electron chi connectivity index (χ2n) is 3.58. The van der Waals surface area contributed by atoms with Crippen LogP contribution in [0.1, 0.15) is 44.0 Å². The maximum absolute atomic E-state index is 9.72. The second-order valence-corrected chi connectivity index (χ2v) is 3.96. The van der Waals surface area contributed by atoms with Crippen LogP contribution in [0.15, 0.2) is 29.2 Å². The molecule has 1 heterocycles. The average Bonchev–Trinajstić information content (AvgIpc) is 2.64. The second kappa shape index (κ2) is 6.70. The van der Waals surface area contributed by atoms with Gasteiger partial charge in [0.1, 0.15) is 11.9 Å². The molecule has 3 heteroatoms. The summed E-state index contributed by atoms with van der Waals surface area (Å²) in [6, 6.07) is 3.37. The van der Waals surface area contributed by atoms with Gasteiger partial charge < -0.3 is 9.52 Å². The number of furan rings is 1. The van der Waals surface area contributed by atoms with Gasteiger partial charge in [0.25, 0.3) is 0 Å². The van der Waals surface area contributed by atoms with Gasteiger partial charge in [0, 0.05) is 0 Å². The molecule has 1 N–H and O–H groups in total. The zero-order valence-corrected chi connectivity index (χ0v) is 9.54. The average molecular weight is 229 g/mol. The largest absolute Gasteiger partial charge is 0.447 e. The van der Waals surface area contributed by atoms with Gasteiger partial charge in [-0.05, 0) is 43.0 Å². The Bertz CT molecular complexity index is 294. The van der Waals surface area contributed by atoms with E-state index in [9.17, 15) is 5.11 Å². The Morgan fingerprint density at radius 2 is 2.20 bits per heavy atom. The zero-order valence-electron chi connectivity index (χ0n) is 8.79. The summed E-state index contributed by atoms with van der Waals surface area (Å²) in [5, 5.41) is 10.0. The van der Waals surface area contributed by atoms with Crippen LogP contribution in [0.25, 0.3) is 0 Å². The highest BCUT2D eigenvalue weighted by Crippen LogP contribution is 2.24. The van der Waals surface area contributed by atoms with Crippen LogP contribution >= 0.6 is 11.6 Å². The normalized spacial score (nSPS) is 12.7. The Balaban J connectivity index is 2.18. The minimum absolute atomic E-state index is 0.329. The van der Waals surface area contributed by atoms with Gasteiger partial charge >= 0.3 is 0 Å². The number of aliphatic hydroxyl groups is 1. The van der Waals surface area contributed by atoms with E-state index in [-0.39, 0.29) is 0 Å². The predicted molar refractivity (Wildman–Crippen MR) is 62.0 cm³/mol. The van der Waals surface area contributed by atoms with Crippen LogP contribution in [0.2, 0.25) is 5.22 Å². The van der Waals surface area contributed by atoms with Crippen molar-refractivity contribution in [1.29, 1.82) is 0 Å². The number of unbranched alkanes of at least 4 members (excludes halogenated alkanes) is 3. The quantitative estimate of drug-likeness (QED) is 0.563. The van der Waals surface area contributed by atoms with E-state index in [1.807, 2.05) is 6.08 Å². The number of halogens is 1. The lowest BCUT2D eigenvalue weighted by Crippen LogP contribution is -1.95. The molecule has 0 amide bonds. The lowest BCUT2D eigenvalue weighted by atomic mass is 10.1. The standard InChI is InChI=1S/C12H17ClO2/c1-2-3-4-5-6-7-10(14)11-8-9-12(13)15-11/h2,8-10,14H,1,3-7H2. The zero-order chi connectivity index (χ0) is 11.1.